The highest BCUT2D eigenvalue weighted by Gasteiger charge is 2.15. The summed E-state index contributed by atoms with van der Waals surface area (Å²) < 4.78 is 44.2. The summed E-state index contributed by atoms with van der Waals surface area (Å²) in [6.07, 6.45) is 3.61. The maximum absolute atomic E-state index is 11.8. The number of aryl methyl sites for hydroxylation is 1. The van der Waals surface area contributed by atoms with Gasteiger partial charge in [0.15, 0.2) is 11.5 Å². The van der Waals surface area contributed by atoms with Crippen LogP contribution in [0.4, 0.5) is 0 Å². The molecule has 0 atom stereocenters. The maximum atomic E-state index is 11.8. The third-order valence-corrected chi connectivity index (χ3v) is 4.51. The molecule has 2 rings (SSSR count). The lowest BCUT2D eigenvalue weighted by Crippen LogP contribution is -2.09. The quantitative estimate of drug-likeness (QED) is 0.214. The molecule has 0 bridgehead atoms. The number of carbonyl (C=O) groups is 1. The fraction of sp³-hybridized carbons (Fsp3) is 0.409. The molecule has 164 valence electrons. The second-order valence-electron chi connectivity index (χ2n) is 6.58. The number of rotatable bonds is 12. The molecule has 0 radical (unpaired) electrons. The first-order valence-corrected chi connectivity index (χ1v) is 11.7. The summed E-state index contributed by atoms with van der Waals surface area (Å²) in [6.45, 7) is 4.46. The van der Waals surface area contributed by atoms with Crippen LogP contribution in [0.25, 0.3) is 0 Å². The van der Waals surface area contributed by atoms with E-state index in [9.17, 15) is 13.2 Å². The Morgan fingerprint density at radius 3 is 2.33 bits per heavy atom. The number of carbonyl (C=O) groups excluding carboxylic acids is 1. The third kappa shape index (κ3) is 7.94. The highest BCUT2D eigenvalue weighted by molar-refractivity contribution is 7.86. The molecule has 0 fully saturated rings. The Labute approximate surface area is 178 Å². The van der Waals surface area contributed by atoms with Crippen LogP contribution in [-0.2, 0) is 21.3 Å². The van der Waals surface area contributed by atoms with Gasteiger partial charge in [-0.05, 0) is 56.0 Å². The first-order chi connectivity index (χ1) is 14.3. The Bertz CT molecular complexity index is 938. The van der Waals surface area contributed by atoms with Crippen LogP contribution in [0.1, 0.15) is 38.7 Å². The third-order valence-electron chi connectivity index (χ3n) is 4.01. The van der Waals surface area contributed by atoms with E-state index in [0.29, 0.717) is 36.2 Å². The largest absolute Gasteiger partial charge is 0.490 e. The molecule has 0 aliphatic rings. The summed E-state index contributed by atoms with van der Waals surface area (Å²) >= 11 is 0. The monoisotopic (exact) mass is 436 g/mol. The Kier molecular flexibility index (Phi) is 8.98. The van der Waals surface area contributed by atoms with E-state index in [4.69, 9.17) is 18.4 Å². The number of esters is 1. The van der Waals surface area contributed by atoms with Crippen LogP contribution in [-0.4, -0.2) is 33.9 Å². The Hall–Kier alpha value is -2.74. The second kappa shape index (κ2) is 11.4. The van der Waals surface area contributed by atoms with Crippen molar-refractivity contribution in [2.45, 2.75) is 39.5 Å². The number of unbranched alkanes of at least 4 members (excludes halogenated alkanes) is 1. The Morgan fingerprint density at radius 2 is 1.67 bits per heavy atom. The van der Waals surface area contributed by atoms with Gasteiger partial charge in [-0.1, -0.05) is 25.1 Å². The first kappa shape index (κ1) is 23.5. The lowest BCUT2D eigenvalue weighted by atomic mass is 10.1. The first-order valence-electron chi connectivity index (χ1n) is 9.90. The predicted octanol–water partition coefficient (Wildman–Crippen LogP) is 4.14. The molecule has 30 heavy (non-hydrogen) atoms. The van der Waals surface area contributed by atoms with Crippen LogP contribution < -0.4 is 18.4 Å². The van der Waals surface area contributed by atoms with E-state index >= 15 is 0 Å². The maximum Gasteiger partial charge on any atom is 0.311 e. The van der Waals surface area contributed by atoms with Crippen LogP contribution in [0.5, 0.6) is 23.0 Å². The van der Waals surface area contributed by atoms with Crippen molar-refractivity contribution in [2.75, 3.05) is 19.5 Å². The van der Waals surface area contributed by atoms with Gasteiger partial charge in [0.2, 0.25) is 5.75 Å². The molecule has 0 aromatic heterocycles. The van der Waals surface area contributed by atoms with Crippen molar-refractivity contribution in [3.8, 4) is 23.0 Å². The standard InChI is InChI=1S/C22H28O7S/c1-4-21(23)28-22-19(26-5-2)13-9-14-20(22)27-15-7-6-10-17-11-8-12-18(16-17)29-30(3,24)25/h8-9,11-14,16H,4-7,10,15H2,1-3H3. The lowest BCUT2D eigenvalue weighted by molar-refractivity contribution is -0.134. The van der Waals surface area contributed by atoms with Gasteiger partial charge in [0.1, 0.15) is 5.75 Å². The van der Waals surface area contributed by atoms with Gasteiger partial charge in [-0.3, -0.25) is 4.79 Å². The number of para-hydroxylation sites is 1. The summed E-state index contributed by atoms with van der Waals surface area (Å²) in [5.41, 5.74) is 0.979. The van der Waals surface area contributed by atoms with Crippen molar-refractivity contribution in [1.82, 2.24) is 0 Å². The van der Waals surface area contributed by atoms with Gasteiger partial charge in [0, 0.05) is 6.42 Å². The fourth-order valence-electron chi connectivity index (χ4n) is 2.71. The van der Waals surface area contributed by atoms with Crippen LogP contribution in [0.15, 0.2) is 42.5 Å². The molecule has 2 aromatic rings. The molecule has 0 aliphatic heterocycles. The van der Waals surface area contributed by atoms with Crippen molar-refractivity contribution in [3.05, 3.63) is 48.0 Å². The zero-order chi connectivity index (χ0) is 22.0. The van der Waals surface area contributed by atoms with E-state index in [1.165, 1.54) is 0 Å². The summed E-state index contributed by atoms with van der Waals surface area (Å²) in [6, 6.07) is 12.3. The van der Waals surface area contributed by atoms with Crippen molar-refractivity contribution >= 4 is 16.1 Å². The zero-order valence-corrected chi connectivity index (χ0v) is 18.4. The topological polar surface area (TPSA) is 88.1 Å². The average molecular weight is 437 g/mol. The molecule has 0 saturated heterocycles. The van der Waals surface area contributed by atoms with Crippen LogP contribution in [0.3, 0.4) is 0 Å². The number of hydrogen-bond donors (Lipinski definition) is 0. The molecular weight excluding hydrogens is 408 g/mol. The molecule has 2 aromatic carbocycles. The van der Waals surface area contributed by atoms with Crippen molar-refractivity contribution in [3.63, 3.8) is 0 Å². The molecule has 0 saturated carbocycles. The normalized spacial score (nSPS) is 11.0. The number of ether oxygens (including phenoxy) is 3. The van der Waals surface area contributed by atoms with Gasteiger partial charge in [0.05, 0.1) is 19.5 Å². The van der Waals surface area contributed by atoms with Gasteiger partial charge < -0.3 is 18.4 Å². The molecule has 0 aliphatic carbocycles. The minimum absolute atomic E-state index is 0.252. The van der Waals surface area contributed by atoms with Crippen molar-refractivity contribution < 1.29 is 31.6 Å². The van der Waals surface area contributed by atoms with Crippen LogP contribution in [0, 0.1) is 0 Å². The van der Waals surface area contributed by atoms with Crippen molar-refractivity contribution in [2.24, 2.45) is 0 Å². The lowest BCUT2D eigenvalue weighted by Gasteiger charge is -2.15. The van der Waals surface area contributed by atoms with Crippen LogP contribution >= 0.6 is 0 Å². The average Bonchev–Trinajstić information content (AvgIpc) is 2.68. The molecule has 0 N–H and O–H groups in total. The highest BCUT2D eigenvalue weighted by atomic mass is 32.2. The Morgan fingerprint density at radius 1 is 0.967 bits per heavy atom. The minimum atomic E-state index is -3.54. The molecule has 0 spiro atoms. The van der Waals surface area contributed by atoms with Gasteiger partial charge in [0.25, 0.3) is 0 Å². The van der Waals surface area contributed by atoms with E-state index < -0.39 is 10.1 Å². The summed E-state index contributed by atoms with van der Waals surface area (Å²) in [4.78, 5) is 11.8. The highest BCUT2D eigenvalue weighted by Crippen LogP contribution is 2.37. The smallest absolute Gasteiger partial charge is 0.311 e. The van der Waals surface area contributed by atoms with Gasteiger partial charge in [-0.15, -0.1) is 0 Å². The fourth-order valence-corrected chi connectivity index (χ4v) is 3.16. The van der Waals surface area contributed by atoms with Gasteiger partial charge in [-0.2, -0.15) is 8.42 Å². The molecule has 0 amide bonds. The van der Waals surface area contributed by atoms with E-state index in [1.54, 1.807) is 43.3 Å². The zero-order valence-electron chi connectivity index (χ0n) is 17.6. The summed E-state index contributed by atoms with van der Waals surface area (Å²) in [5.74, 6) is 1.19. The van der Waals surface area contributed by atoms with Gasteiger partial charge in [-0.25, -0.2) is 0 Å². The Balaban J connectivity index is 1.90. The summed E-state index contributed by atoms with van der Waals surface area (Å²) in [7, 11) is -3.54. The molecule has 7 nitrogen and oxygen atoms in total. The summed E-state index contributed by atoms with van der Waals surface area (Å²) in [5, 5.41) is 0. The van der Waals surface area contributed by atoms with Crippen molar-refractivity contribution in [1.29, 1.82) is 0 Å². The molecule has 8 heteroatoms. The van der Waals surface area contributed by atoms with Crippen LogP contribution in [0.2, 0.25) is 0 Å². The van der Waals surface area contributed by atoms with E-state index in [1.807, 2.05) is 13.0 Å². The number of benzene rings is 2. The SMILES string of the molecule is CCOc1cccc(OCCCCc2cccc(OS(C)(=O)=O)c2)c1OC(=O)CC. The molecule has 0 unspecified atom stereocenters. The van der Waals surface area contributed by atoms with E-state index in [-0.39, 0.29) is 12.4 Å². The predicted molar refractivity (Wildman–Crippen MR) is 114 cm³/mol. The van der Waals surface area contributed by atoms with E-state index in [2.05, 4.69) is 0 Å². The van der Waals surface area contributed by atoms with E-state index in [0.717, 1.165) is 31.1 Å². The number of hydrogen-bond acceptors (Lipinski definition) is 7. The van der Waals surface area contributed by atoms with Gasteiger partial charge >= 0.3 is 16.1 Å². The molecule has 0 heterocycles. The minimum Gasteiger partial charge on any atom is -0.490 e. The second-order valence-corrected chi connectivity index (χ2v) is 8.16. The molecular formula is C22H28O7S.